The number of nitrogens with one attached hydrogen (secondary N) is 1. The zero-order chi connectivity index (χ0) is 26.6. The number of hydrogen-bond acceptors (Lipinski definition) is 6. The van der Waals surface area contributed by atoms with Gasteiger partial charge in [-0.3, -0.25) is 14.6 Å². The van der Waals surface area contributed by atoms with Crippen LogP contribution < -0.4 is 10.5 Å². The summed E-state index contributed by atoms with van der Waals surface area (Å²) in [5, 5.41) is 12.8. The molecule has 0 bridgehead atoms. The van der Waals surface area contributed by atoms with Gasteiger partial charge in [0.1, 0.15) is 18.1 Å². The van der Waals surface area contributed by atoms with Crippen LogP contribution in [-0.2, 0) is 22.6 Å². The smallest absolute Gasteiger partial charge is 0.310 e. The monoisotopic (exact) mass is 509 g/mol. The molecule has 5 aromatic rings. The first-order valence-corrected chi connectivity index (χ1v) is 12.7. The first kappa shape index (κ1) is 25.1. The highest BCUT2D eigenvalue weighted by molar-refractivity contribution is 5.88. The van der Waals surface area contributed by atoms with Gasteiger partial charge in [-0.25, -0.2) is 0 Å². The van der Waals surface area contributed by atoms with Gasteiger partial charge in [0.2, 0.25) is 0 Å². The number of nitrogens with two attached hydrogens (primary N) is 1. The number of fused-ring (bicyclic) bond motifs is 1. The number of aromatic amines is 1. The lowest BCUT2D eigenvalue weighted by atomic mass is 9.99. The molecule has 0 saturated heterocycles. The van der Waals surface area contributed by atoms with Gasteiger partial charge < -0.3 is 15.2 Å². The van der Waals surface area contributed by atoms with Crippen LogP contribution >= 0.6 is 0 Å². The van der Waals surface area contributed by atoms with Crippen LogP contribution in [0, 0.1) is 0 Å². The number of nitrogen functional groups attached to an aromatic ring is 1. The molecule has 0 aliphatic carbocycles. The lowest BCUT2D eigenvalue weighted by molar-refractivity contribution is -0.142. The zero-order valence-corrected chi connectivity index (χ0v) is 21.8. The van der Waals surface area contributed by atoms with E-state index in [0.717, 1.165) is 44.4 Å². The van der Waals surface area contributed by atoms with Gasteiger partial charge in [0.05, 0.1) is 18.5 Å². The van der Waals surface area contributed by atoms with E-state index in [2.05, 4.69) is 54.4 Å². The summed E-state index contributed by atoms with van der Waals surface area (Å²) in [5.74, 6) is 0.843. The van der Waals surface area contributed by atoms with Gasteiger partial charge in [-0.15, -0.1) is 0 Å². The van der Waals surface area contributed by atoms with Gasteiger partial charge >= 0.3 is 5.97 Å². The fourth-order valence-corrected chi connectivity index (χ4v) is 4.59. The number of carbonyl (C=O) groups is 1. The van der Waals surface area contributed by atoms with E-state index in [4.69, 9.17) is 20.3 Å². The first-order chi connectivity index (χ1) is 18.4. The second-order valence-electron chi connectivity index (χ2n) is 9.36. The van der Waals surface area contributed by atoms with Crippen molar-refractivity contribution in [3.05, 3.63) is 84.2 Å². The third kappa shape index (κ3) is 5.11. The molecular weight excluding hydrogens is 478 g/mol. The van der Waals surface area contributed by atoms with Crippen LogP contribution in [0.2, 0.25) is 0 Å². The van der Waals surface area contributed by atoms with Gasteiger partial charge in [-0.05, 0) is 61.7 Å². The Labute approximate surface area is 221 Å². The predicted octanol–water partition coefficient (Wildman–Crippen LogP) is 5.94. The van der Waals surface area contributed by atoms with Gasteiger partial charge in [-0.2, -0.15) is 10.2 Å². The van der Waals surface area contributed by atoms with Gasteiger partial charge in [0.25, 0.3) is 0 Å². The molecule has 8 heteroatoms. The number of carbonyl (C=O) groups excluding carboxylic acids is 1. The second kappa shape index (κ2) is 10.8. The van der Waals surface area contributed by atoms with E-state index in [1.165, 1.54) is 0 Å². The fraction of sp³-hybridized carbons (Fsp3) is 0.233. The number of aromatic nitrogens is 4. The highest BCUT2D eigenvalue weighted by Gasteiger charge is 2.16. The van der Waals surface area contributed by atoms with Crippen molar-refractivity contribution < 1.29 is 14.3 Å². The molecule has 38 heavy (non-hydrogen) atoms. The molecule has 0 fully saturated rings. The predicted molar refractivity (Wildman–Crippen MR) is 149 cm³/mol. The number of benzene rings is 3. The summed E-state index contributed by atoms with van der Waals surface area (Å²) in [5.41, 5.74) is 12.7. The topological polar surface area (TPSA) is 108 Å². The average Bonchev–Trinajstić information content (AvgIpc) is 3.51. The minimum atomic E-state index is -0.276. The molecule has 0 atom stereocenters. The maximum atomic E-state index is 12.1. The summed E-state index contributed by atoms with van der Waals surface area (Å²) in [4.78, 5) is 12.1. The SMILES string of the molecule is CCOC(=O)Cc1ccccc1OCc1nn(C(C)C)c2ccc(-c3cccc(-c4c[nH]nc4N)c3)cc12. The molecule has 0 aliphatic heterocycles. The number of esters is 1. The van der Waals surface area contributed by atoms with Gasteiger partial charge in [0, 0.05) is 28.8 Å². The van der Waals surface area contributed by atoms with Crippen molar-refractivity contribution in [3.63, 3.8) is 0 Å². The van der Waals surface area contributed by atoms with E-state index in [1.54, 1.807) is 13.1 Å². The molecule has 0 aliphatic rings. The van der Waals surface area contributed by atoms with Gasteiger partial charge in [-0.1, -0.05) is 42.5 Å². The Bertz CT molecular complexity index is 1580. The Kier molecular flexibility index (Phi) is 7.13. The maximum Gasteiger partial charge on any atom is 0.310 e. The molecule has 0 radical (unpaired) electrons. The summed E-state index contributed by atoms with van der Waals surface area (Å²) >= 11 is 0. The molecular formula is C30H31N5O3. The molecule has 0 saturated carbocycles. The Morgan fingerprint density at radius 2 is 1.82 bits per heavy atom. The second-order valence-corrected chi connectivity index (χ2v) is 9.36. The third-order valence-corrected chi connectivity index (χ3v) is 6.43. The van der Waals surface area contributed by atoms with Crippen molar-refractivity contribution >= 4 is 22.7 Å². The number of ether oxygens (including phenoxy) is 2. The summed E-state index contributed by atoms with van der Waals surface area (Å²) in [6.45, 7) is 6.64. The van der Waals surface area contributed by atoms with Crippen LogP contribution in [-0.4, -0.2) is 32.6 Å². The van der Waals surface area contributed by atoms with Gasteiger partial charge in [0.15, 0.2) is 5.82 Å². The van der Waals surface area contributed by atoms with Crippen molar-refractivity contribution in [2.24, 2.45) is 0 Å². The Morgan fingerprint density at radius 3 is 2.58 bits per heavy atom. The van der Waals surface area contributed by atoms with Crippen molar-refractivity contribution in [1.29, 1.82) is 0 Å². The Morgan fingerprint density at radius 1 is 1.03 bits per heavy atom. The van der Waals surface area contributed by atoms with E-state index in [1.807, 2.05) is 41.1 Å². The minimum Gasteiger partial charge on any atom is -0.487 e. The molecule has 8 nitrogen and oxygen atoms in total. The summed E-state index contributed by atoms with van der Waals surface area (Å²) in [7, 11) is 0. The quantitative estimate of drug-likeness (QED) is 0.238. The van der Waals surface area contributed by atoms with Crippen molar-refractivity contribution in [2.45, 2.75) is 39.8 Å². The molecule has 3 N–H and O–H groups in total. The Balaban J connectivity index is 1.48. The normalized spacial score (nSPS) is 11.3. The van der Waals surface area contributed by atoms with Crippen LogP contribution in [0.15, 0.2) is 72.9 Å². The molecule has 5 rings (SSSR count). The summed E-state index contributed by atoms with van der Waals surface area (Å²) in [6.07, 6.45) is 1.96. The Hall–Kier alpha value is -4.59. The number of rotatable bonds is 9. The number of H-pyrrole nitrogens is 1. The van der Waals surface area contributed by atoms with Crippen molar-refractivity contribution in [1.82, 2.24) is 20.0 Å². The van der Waals surface area contributed by atoms with Crippen LogP contribution in [0.1, 0.15) is 38.1 Å². The van der Waals surface area contributed by atoms with E-state index >= 15 is 0 Å². The average molecular weight is 510 g/mol. The molecule has 194 valence electrons. The van der Waals surface area contributed by atoms with Crippen LogP contribution in [0.3, 0.4) is 0 Å². The van der Waals surface area contributed by atoms with Crippen LogP contribution in [0.4, 0.5) is 5.82 Å². The van der Waals surface area contributed by atoms with Crippen LogP contribution in [0.5, 0.6) is 5.75 Å². The van der Waals surface area contributed by atoms with Crippen molar-refractivity contribution in [2.75, 3.05) is 12.3 Å². The maximum absolute atomic E-state index is 12.1. The number of anilines is 1. The first-order valence-electron chi connectivity index (χ1n) is 12.7. The van der Waals surface area contributed by atoms with E-state index in [9.17, 15) is 4.79 Å². The zero-order valence-electron chi connectivity index (χ0n) is 21.8. The molecule has 2 aromatic heterocycles. The lowest BCUT2D eigenvalue weighted by Gasteiger charge is -2.10. The fourth-order valence-electron chi connectivity index (χ4n) is 4.59. The highest BCUT2D eigenvalue weighted by atomic mass is 16.5. The number of para-hydroxylation sites is 1. The van der Waals surface area contributed by atoms with E-state index < -0.39 is 0 Å². The third-order valence-electron chi connectivity index (χ3n) is 6.43. The number of nitrogens with zero attached hydrogens (tertiary/aromatic N) is 3. The van der Waals surface area contributed by atoms with E-state index in [-0.39, 0.29) is 25.0 Å². The molecule has 2 heterocycles. The summed E-state index contributed by atoms with van der Waals surface area (Å²) in [6, 6.07) is 22.3. The van der Waals surface area contributed by atoms with Crippen LogP contribution in [0.25, 0.3) is 33.2 Å². The minimum absolute atomic E-state index is 0.160. The molecule has 0 amide bonds. The summed E-state index contributed by atoms with van der Waals surface area (Å²) < 4.78 is 13.4. The highest BCUT2D eigenvalue weighted by Crippen LogP contribution is 2.32. The molecule has 0 unspecified atom stereocenters. The molecule has 3 aromatic carbocycles. The molecule has 0 spiro atoms. The standard InChI is InChI=1S/C30H31N5O3/c1-4-37-29(36)16-23-8-5-6-11-28(23)38-18-26-24-15-21(12-13-27(24)35(34-26)19(2)3)20-9-7-10-22(14-20)25-17-32-33-30(25)31/h5-15,17,19H,4,16,18H2,1-3H3,(H3,31,32,33). The van der Waals surface area contributed by atoms with Crippen molar-refractivity contribution in [3.8, 4) is 28.0 Å². The lowest BCUT2D eigenvalue weighted by Crippen LogP contribution is -2.09. The number of hydrogen-bond donors (Lipinski definition) is 2. The van der Waals surface area contributed by atoms with E-state index in [0.29, 0.717) is 18.2 Å². The largest absolute Gasteiger partial charge is 0.487 e.